The molecule has 1 amide bonds. The molecule has 0 aromatic carbocycles. The van der Waals surface area contributed by atoms with Crippen molar-refractivity contribution in [3.05, 3.63) is 0 Å². The Balaban J connectivity index is 2.56. The van der Waals surface area contributed by atoms with Gasteiger partial charge in [0.15, 0.2) is 0 Å². The molecule has 1 heterocycles. The number of rotatable bonds is 1. The van der Waals surface area contributed by atoms with Crippen LogP contribution >= 0.6 is 0 Å². The van der Waals surface area contributed by atoms with Gasteiger partial charge >= 0.3 is 0 Å². The van der Waals surface area contributed by atoms with Crippen LogP contribution in [0.3, 0.4) is 0 Å². The number of likely N-dealkylation sites (N-methyl/N-ethyl adjacent to an activating group) is 1. The first-order chi connectivity index (χ1) is 5.93. The van der Waals surface area contributed by atoms with E-state index in [9.17, 15) is 4.79 Å². The minimum Gasteiger partial charge on any atom is -0.341 e. The Morgan fingerprint density at radius 1 is 1.46 bits per heavy atom. The maximum absolute atomic E-state index is 11.8. The molecule has 0 unspecified atom stereocenters. The molecule has 76 valence electrons. The van der Waals surface area contributed by atoms with E-state index in [0.29, 0.717) is 6.04 Å². The number of amides is 1. The van der Waals surface area contributed by atoms with Crippen molar-refractivity contribution >= 4 is 5.91 Å². The van der Waals surface area contributed by atoms with Gasteiger partial charge in [0, 0.05) is 25.0 Å². The van der Waals surface area contributed by atoms with Crippen LogP contribution in [0.5, 0.6) is 0 Å². The second-order valence-corrected chi connectivity index (χ2v) is 4.81. The van der Waals surface area contributed by atoms with E-state index in [1.807, 2.05) is 32.7 Å². The lowest BCUT2D eigenvalue weighted by Crippen LogP contribution is -2.44. The van der Waals surface area contributed by atoms with Crippen LogP contribution in [0.15, 0.2) is 0 Å². The zero-order chi connectivity index (χ0) is 10.1. The topological polar surface area (TPSA) is 32.3 Å². The molecule has 1 aliphatic rings. The van der Waals surface area contributed by atoms with Crippen molar-refractivity contribution in [3.63, 3.8) is 0 Å². The van der Waals surface area contributed by atoms with E-state index >= 15 is 0 Å². The highest BCUT2D eigenvalue weighted by Crippen LogP contribution is 2.19. The fraction of sp³-hybridized carbons (Fsp3) is 0.900. The molecule has 0 radical (unpaired) electrons. The van der Waals surface area contributed by atoms with Gasteiger partial charge in [-0.25, -0.2) is 0 Å². The fourth-order valence-electron chi connectivity index (χ4n) is 1.66. The lowest BCUT2D eigenvalue weighted by atomic mass is 9.94. The molecule has 0 aliphatic carbocycles. The lowest BCUT2D eigenvalue weighted by molar-refractivity contribution is -0.139. The minimum absolute atomic E-state index is 0.237. The van der Waals surface area contributed by atoms with Gasteiger partial charge in [-0.2, -0.15) is 0 Å². The third-order valence-electron chi connectivity index (χ3n) is 2.54. The summed E-state index contributed by atoms with van der Waals surface area (Å²) < 4.78 is 0. The van der Waals surface area contributed by atoms with Crippen LogP contribution in [-0.2, 0) is 4.79 Å². The molecule has 1 N–H and O–H groups in total. The van der Waals surface area contributed by atoms with Crippen molar-refractivity contribution in [1.82, 2.24) is 10.2 Å². The van der Waals surface area contributed by atoms with Crippen LogP contribution in [-0.4, -0.2) is 37.0 Å². The van der Waals surface area contributed by atoms with Gasteiger partial charge in [0.2, 0.25) is 5.91 Å². The van der Waals surface area contributed by atoms with Crippen LogP contribution in [0.25, 0.3) is 0 Å². The summed E-state index contributed by atoms with van der Waals surface area (Å²) in [6.45, 7) is 7.88. The van der Waals surface area contributed by atoms with Gasteiger partial charge in [0.1, 0.15) is 0 Å². The van der Waals surface area contributed by atoms with Gasteiger partial charge < -0.3 is 10.2 Å². The van der Waals surface area contributed by atoms with Gasteiger partial charge in [-0.3, -0.25) is 4.79 Å². The normalized spacial score (nSPS) is 23.2. The summed E-state index contributed by atoms with van der Waals surface area (Å²) in [5.74, 6) is 0.237. The zero-order valence-corrected chi connectivity index (χ0v) is 9.05. The minimum atomic E-state index is -0.253. The smallest absolute Gasteiger partial charge is 0.227 e. The SMILES string of the molecule is CN(C(=O)C(C)(C)C)[C@@H]1CCNC1. The Kier molecular flexibility index (Phi) is 2.96. The maximum Gasteiger partial charge on any atom is 0.227 e. The molecule has 0 aromatic rings. The molecule has 3 nitrogen and oxygen atoms in total. The monoisotopic (exact) mass is 184 g/mol. The molecule has 0 bridgehead atoms. The molecule has 1 atom stereocenters. The number of hydrogen-bond acceptors (Lipinski definition) is 2. The Hall–Kier alpha value is -0.570. The van der Waals surface area contributed by atoms with E-state index in [-0.39, 0.29) is 11.3 Å². The van der Waals surface area contributed by atoms with Crippen LogP contribution in [0.1, 0.15) is 27.2 Å². The molecule has 1 rings (SSSR count). The van der Waals surface area contributed by atoms with E-state index in [4.69, 9.17) is 0 Å². The average molecular weight is 184 g/mol. The molecule has 1 aliphatic heterocycles. The third-order valence-corrected chi connectivity index (χ3v) is 2.54. The maximum atomic E-state index is 11.8. The number of nitrogens with one attached hydrogen (secondary N) is 1. The van der Waals surface area contributed by atoms with E-state index < -0.39 is 0 Å². The lowest BCUT2D eigenvalue weighted by Gasteiger charge is -2.30. The molecule has 0 spiro atoms. The quantitative estimate of drug-likeness (QED) is 0.655. The summed E-state index contributed by atoms with van der Waals surface area (Å²) in [7, 11) is 1.91. The van der Waals surface area contributed by atoms with Crippen molar-refractivity contribution in [1.29, 1.82) is 0 Å². The Bertz CT molecular complexity index is 190. The Morgan fingerprint density at radius 3 is 2.46 bits per heavy atom. The number of carbonyl (C=O) groups is 1. The highest BCUT2D eigenvalue weighted by molar-refractivity contribution is 5.81. The summed E-state index contributed by atoms with van der Waals surface area (Å²) in [6.07, 6.45) is 1.08. The van der Waals surface area contributed by atoms with Crippen molar-refractivity contribution < 1.29 is 4.79 Å². The average Bonchev–Trinajstić information content (AvgIpc) is 2.51. The predicted molar refractivity (Wildman–Crippen MR) is 53.5 cm³/mol. The molecular formula is C10H20N2O. The van der Waals surface area contributed by atoms with Crippen molar-refractivity contribution in [2.75, 3.05) is 20.1 Å². The standard InChI is InChI=1S/C10H20N2O/c1-10(2,3)9(13)12(4)8-5-6-11-7-8/h8,11H,5-7H2,1-4H3/t8-/m1/s1. The predicted octanol–water partition coefficient (Wildman–Crippen LogP) is 0.853. The van der Waals surface area contributed by atoms with Gasteiger partial charge in [0.25, 0.3) is 0 Å². The molecule has 1 saturated heterocycles. The first kappa shape index (κ1) is 10.5. The van der Waals surface area contributed by atoms with E-state index in [1.165, 1.54) is 0 Å². The second-order valence-electron chi connectivity index (χ2n) is 4.81. The van der Waals surface area contributed by atoms with Crippen molar-refractivity contribution in [2.45, 2.75) is 33.2 Å². The van der Waals surface area contributed by atoms with Gasteiger partial charge in [-0.05, 0) is 13.0 Å². The van der Waals surface area contributed by atoms with Gasteiger partial charge in [-0.1, -0.05) is 20.8 Å². The van der Waals surface area contributed by atoms with Crippen LogP contribution < -0.4 is 5.32 Å². The summed E-state index contributed by atoms with van der Waals surface area (Å²) in [5, 5.41) is 3.27. The molecule has 13 heavy (non-hydrogen) atoms. The number of nitrogens with zero attached hydrogens (tertiary/aromatic N) is 1. The van der Waals surface area contributed by atoms with E-state index in [1.54, 1.807) is 0 Å². The van der Waals surface area contributed by atoms with Crippen LogP contribution in [0.2, 0.25) is 0 Å². The number of hydrogen-bond donors (Lipinski definition) is 1. The molecule has 3 heteroatoms. The summed E-state index contributed by atoms with van der Waals surface area (Å²) in [6, 6.07) is 0.395. The van der Waals surface area contributed by atoms with Crippen LogP contribution in [0.4, 0.5) is 0 Å². The fourth-order valence-corrected chi connectivity index (χ4v) is 1.66. The molecule has 0 aromatic heterocycles. The zero-order valence-electron chi connectivity index (χ0n) is 9.05. The highest BCUT2D eigenvalue weighted by Gasteiger charge is 2.30. The van der Waals surface area contributed by atoms with Gasteiger partial charge in [0.05, 0.1) is 0 Å². The number of carbonyl (C=O) groups excluding carboxylic acids is 1. The second kappa shape index (κ2) is 3.66. The van der Waals surface area contributed by atoms with E-state index in [2.05, 4.69) is 5.32 Å². The third kappa shape index (κ3) is 2.44. The summed E-state index contributed by atoms with van der Waals surface area (Å²) in [5.41, 5.74) is -0.253. The first-order valence-corrected chi connectivity index (χ1v) is 4.91. The molecule has 0 saturated carbocycles. The summed E-state index contributed by atoms with van der Waals surface area (Å²) >= 11 is 0. The molecular weight excluding hydrogens is 164 g/mol. The van der Waals surface area contributed by atoms with Crippen molar-refractivity contribution in [3.8, 4) is 0 Å². The van der Waals surface area contributed by atoms with Crippen molar-refractivity contribution in [2.24, 2.45) is 5.41 Å². The highest BCUT2D eigenvalue weighted by atomic mass is 16.2. The Morgan fingerprint density at radius 2 is 2.08 bits per heavy atom. The Labute approximate surface area is 80.5 Å². The van der Waals surface area contributed by atoms with Crippen LogP contribution in [0, 0.1) is 5.41 Å². The first-order valence-electron chi connectivity index (χ1n) is 4.91. The van der Waals surface area contributed by atoms with Gasteiger partial charge in [-0.15, -0.1) is 0 Å². The summed E-state index contributed by atoms with van der Waals surface area (Å²) in [4.78, 5) is 13.7. The van der Waals surface area contributed by atoms with E-state index in [0.717, 1.165) is 19.5 Å². The largest absolute Gasteiger partial charge is 0.341 e. The molecule has 1 fully saturated rings.